The van der Waals surface area contributed by atoms with Crippen LogP contribution in [0.4, 0.5) is 10.5 Å². The minimum atomic E-state index is -1.31. The summed E-state index contributed by atoms with van der Waals surface area (Å²) in [5.74, 6) is -1.89. The fourth-order valence-corrected chi connectivity index (χ4v) is 2.04. The Morgan fingerprint density at radius 3 is 2.50 bits per heavy atom. The van der Waals surface area contributed by atoms with Crippen LogP contribution >= 0.6 is 0 Å². The van der Waals surface area contributed by atoms with Crippen LogP contribution in [-0.2, 0) is 15.1 Å². The molecule has 0 aliphatic carbocycles. The first-order valence-electron chi connectivity index (χ1n) is 5.72. The van der Waals surface area contributed by atoms with Gasteiger partial charge in [0.1, 0.15) is 12.1 Å². The van der Waals surface area contributed by atoms with Crippen LogP contribution in [0.3, 0.4) is 0 Å². The summed E-state index contributed by atoms with van der Waals surface area (Å²) in [4.78, 5) is 38.5. The van der Waals surface area contributed by atoms with E-state index in [1.807, 2.05) is 0 Å². The first kappa shape index (κ1) is 13.5. The molecule has 7 heteroatoms. The van der Waals surface area contributed by atoms with Gasteiger partial charge in [0.2, 0.25) is 0 Å². The van der Waals surface area contributed by atoms with E-state index in [4.69, 9.17) is 11.7 Å². The molecule has 20 heavy (non-hydrogen) atoms. The van der Waals surface area contributed by atoms with Crippen molar-refractivity contribution in [2.24, 2.45) is 0 Å². The maximum atomic E-state index is 12.2. The molecule has 2 rings (SSSR count). The van der Waals surface area contributed by atoms with E-state index < -0.39 is 30.0 Å². The molecule has 0 spiro atoms. The molecule has 1 fully saturated rings. The Balaban J connectivity index is 2.35. The zero-order chi connectivity index (χ0) is 14.9. The van der Waals surface area contributed by atoms with Crippen molar-refractivity contribution in [3.8, 4) is 0 Å². The number of amides is 3. The molecule has 1 aliphatic rings. The normalized spacial score (nSPS) is 21.5. The number of carboxylic acid groups (broad SMARTS) is 1. The monoisotopic (exact) mass is 273 g/mol. The SMILES string of the molecule is [C-]#[N+]c1ccc(C2(C)NC(=O)N(CC(=O)O)C2=O)cc1. The molecule has 1 aromatic carbocycles. The minimum Gasteiger partial charge on any atom is -0.480 e. The Hall–Kier alpha value is -2.88. The minimum absolute atomic E-state index is 0.413. The van der Waals surface area contributed by atoms with Gasteiger partial charge in [-0.1, -0.05) is 24.3 Å². The molecule has 1 unspecified atom stereocenters. The van der Waals surface area contributed by atoms with E-state index in [1.54, 1.807) is 12.1 Å². The highest BCUT2D eigenvalue weighted by atomic mass is 16.4. The molecule has 0 radical (unpaired) electrons. The Bertz CT molecular complexity index is 632. The molecular weight excluding hydrogens is 262 g/mol. The first-order valence-corrected chi connectivity index (χ1v) is 5.72. The van der Waals surface area contributed by atoms with E-state index in [-0.39, 0.29) is 0 Å². The zero-order valence-electron chi connectivity index (χ0n) is 10.6. The third-order valence-corrected chi connectivity index (χ3v) is 3.14. The lowest BCUT2D eigenvalue weighted by Gasteiger charge is -2.22. The van der Waals surface area contributed by atoms with Gasteiger partial charge >= 0.3 is 12.0 Å². The van der Waals surface area contributed by atoms with Gasteiger partial charge in [0.25, 0.3) is 5.91 Å². The van der Waals surface area contributed by atoms with E-state index >= 15 is 0 Å². The maximum Gasteiger partial charge on any atom is 0.325 e. The molecule has 1 saturated heterocycles. The summed E-state index contributed by atoms with van der Waals surface area (Å²) in [5.41, 5.74) is -0.403. The van der Waals surface area contributed by atoms with Gasteiger partial charge in [-0.25, -0.2) is 9.64 Å². The summed E-state index contributed by atoms with van der Waals surface area (Å²) in [6.07, 6.45) is 0. The fourth-order valence-electron chi connectivity index (χ4n) is 2.04. The molecule has 1 aromatic rings. The number of hydrogen-bond donors (Lipinski definition) is 2. The second-order valence-electron chi connectivity index (χ2n) is 4.50. The summed E-state index contributed by atoms with van der Waals surface area (Å²) in [7, 11) is 0. The Morgan fingerprint density at radius 1 is 1.40 bits per heavy atom. The number of nitrogens with one attached hydrogen (secondary N) is 1. The Kier molecular flexibility index (Phi) is 3.16. The first-order chi connectivity index (χ1) is 9.38. The Morgan fingerprint density at radius 2 is 2.00 bits per heavy atom. The number of nitrogens with zero attached hydrogens (tertiary/aromatic N) is 2. The van der Waals surface area contributed by atoms with Crippen LogP contribution in [0.1, 0.15) is 12.5 Å². The van der Waals surface area contributed by atoms with E-state index in [0.29, 0.717) is 16.2 Å². The summed E-state index contributed by atoms with van der Waals surface area (Å²) in [6.45, 7) is 7.69. The highest BCUT2D eigenvalue weighted by Crippen LogP contribution is 2.29. The molecule has 7 nitrogen and oxygen atoms in total. The van der Waals surface area contributed by atoms with Crippen molar-refractivity contribution in [3.63, 3.8) is 0 Å². The average Bonchev–Trinajstić information content (AvgIpc) is 2.63. The van der Waals surface area contributed by atoms with Crippen LogP contribution in [0.25, 0.3) is 4.85 Å². The molecule has 0 aromatic heterocycles. The lowest BCUT2D eigenvalue weighted by atomic mass is 9.92. The van der Waals surface area contributed by atoms with Crippen molar-refractivity contribution >= 4 is 23.6 Å². The highest BCUT2D eigenvalue weighted by molar-refractivity contribution is 6.08. The van der Waals surface area contributed by atoms with Crippen LogP contribution < -0.4 is 5.32 Å². The second kappa shape index (κ2) is 4.66. The summed E-state index contributed by atoms with van der Waals surface area (Å²) in [6, 6.07) is 5.46. The van der Waals surface area contributed by atoms with Crippen molar-refractivity contribution in [1.29, 1.82) is 0 Å². The zero-order valence-corrected chi connectivity index (χ0v) is 10.6. The van der Waals surface area contributed by atoms with Gasteiger partial charge in [-0.05, 0) is 12.5 Å². The second-order valence-corrected chi connectivity index (χ2v) is 4.50. The van der Waals surface area contributed by atoms with Crippen LogP contribution in [0, 0.1) is 6.57 Å². The number of benzene rings is 1. The average molecular weight is 273 g/mol. The molecular formula is C13H11N3O4. The van der Waals surface area contributed by atoms with E-state index in [2.05, 4.69) is 10.2 Å². The smallest absolute Gasteiger partial charge is 0.325 e. The highest BCUT2D eigenvalue weighted by Gasteiger charge is 2.49. The number of carbonyl (C=O) groups excluding carboxylic acids is 2. The number of urea groups is 1. The fraction of sp³-hybridized carbons (Fsp3) is 0.231. The number of imide groups is 1. The Labute approximate surface area is 114 Å². The topological polar surface area (TPSA) is 91.1 Å². The maximum absolute atomic E-state index is 12.2. The van der Waals surface area contributed by atoms with Crippen molar-refractivity contribution in [2.75, 3.05) is 6.54 Å². The lowest BCUT2D eigenvalue weighted by Crippen LogP contribution is -2.41. The molecule has 0 saturated carbocycles. The summed E-state index contributed by atoms with van der Waals surface area (Å²) >= 11 is 0. The molecule has 1 atom stereocenters. The van der Waals surface area contributed by atoms with Crippen LogP contribution in [0.2, 0.25) is 0 Å². The third kappa shape index (κ3) is 2.07. The molecule has 3 amide bonds. The van der Waals surface area contributed by atoms with Crippen LogP contribution in [-0.4, -0.2) is 34.5 Å². The summed E-state index contributed by atoms with van der Waals surface area (Å²) in [5, 5.41) is 11.2. The summed E-state index contributed by atoms with van der Waals surface area (Å²) < 4.78 is 0. The van der Waals surface area contributed by atoms with Crippen molar-refractivity contribution < 1.29 is 19.5 Å². The van der Waals surface area contributed by atoms with Gasteiger partial charge in [-0.3, -0.25) is 14.5 Å². The molecule has 102 valence electrons. The van der Waals surface area contributed by atoms with Gasteiger partial charge in [0.15, 0.2) is 5.69 Å². The van der Waals surface area contributed by atoms with Gasteiger partial charge in [-0.15, -0.1) is 0 Å². The largest absolute Gasteiger partial charge is 0.480 e. The third-order valence-electron chi connectivity index (χ3n) is 3.14. The number of carboxylic acids is 1. The molecule has 1 aliphatic heterocycles. The number of hydrogen-bond acceptors (Lipinski definition) is 3. The van der Waals surface area contributed by atoms with Crippen LogP contribution in [0.5, 0.6) is 0 Å². The van der Waals surface area contributed by atoms with E-state index in [0.717, 1.165) is 0 Å². The molecule has 1 heterocycles. The van der Waals surface area contributed by atoms with Crippen LogP contribution in [0.15, 0.2) is 24.3 Å². The number of aliphatic carboxylic acids is 1. The predicted octanol–water partition coefficient (Wildman–Crippen LogP) is 1.09. The quantitative estimate of drug-likeness (QED) is 0.637. The standard InChI is InChI=1S/C13H11N3O4/c1-13(8-3-5-9(14-2)6-4-8)11(19)16(7-10(17)18)12(20)15-13/h3-6H,7H2,1H3,(H,15,20)(H,17,18). The lowest BCUT2D eigenvalue weighted by molar-refractivity contribution is -0.142. The number of carbonyl (C=O) groups is 3. The van der Waals surface area contributed by atoms with Gasteiger partial charge in [-0.2, -0.15) is 0 Å². The predicted molar refractivity (Wildman–Crippen MR) is 67.9 cm³/mol. The van der Waals surface area contributed by atoms with Gasteiger partial charge in [0, 0.05) is 0 Å². The van der Waals surface area contributed by atoms with E-state index in [1.165, 1.54) is 19.1 Å². The van der Waals surface area contributed by atoms with Gasteiger partial charge in [0.05, 0.1) is 6.57 Å². The van der Waals surface area contributed by atoms with Crippen molar-refractivity contribution in [3.05, 3.63) is 41.2 Å². The van der Waals surface area contributed by atoms with E-state index in [9.17, 15) is 14.4 Å². The number of rotatable bonds is 3. The van der Waals surface area contributed by atoms with Crippen molar-refractivity contribution in [1.82, 2.24) is 10.2 Å². The molecule has 2 N–H and O–H groups in total. The molecule has 0 bridgehead atoms. The van der Waals surface area contributed by atoms with Gasteiger partial charge < -0.3 is 10.4 Å². The van der Waals surface area contributed by atoms with Crippen molar-refractivity contribution in [2.45, 2.75) is 12.5 Å².